The Hall–Kier alpha value is -0.820. The van der Waals surface area contributed by atoms with Crippen LogP contribution in [-0.2, 0) is 10.0 Å². The van der Waals surface area contributed by atoms with Gasteiger partial charge in [-0.05, 0) is 12.8 Å². The topological polar surface area (TPSA) is 92.5 Å². The number of rotatable bonds is 3. The molecule has 1 fully saturated rings. The molecule has 0 spiro atoms. The standard InChI is InChI=1S/C7H15N3O3S/c8-7(11)9-3-5-10-4-1-2-6-14(10,12)13/h1-6H2,(H3,8,9,11). The van der Waals surface area contributed by atoms with Crippen molar-refractivity contribution in [3.63, 3.8) is 0 Å². The average molecular weight is 221 g/mol. The summed E-state index contributed by atoms with van der Waals surface area (Å²) < 4.78 is 24.3. The molecule has 1 rings (SSSR count). The van der Waals surface area contributed by atoms with Crippen molar-refractivity contribution in [2.75, 3.05) is 25.4 Å². The highest BCUT2D eigenvalue weighted by atomic mass is 32.2. The van der Waals surface area contributed by atoms with Crippen LogP contribution in [0.3, 0.4) is 0 Å². The van der Waals surface area contributed by atoms with Crippen molar-refractivity contribution in [3.8, 4) is 0 Å². The van der Waals surface area contributed by atoms with Crippen LogP contribution in [0.15, 0.2) is 0 Å². The summed E-state index contributed by atoms with van der Waals surface area (Å²) in [6.45, 7) is 1.13. The van der Waals surface area contributed by atoms with Crippen molar-refractivity contribution in [3.05, 3.63) is 0 Å². The van der Waals surface area contributed by atoms with E-state index in [0.717, 1.165) is 12.8 Å². The van der Waals surface area contributed by atoms with E-state index in [1.807, 2.05) is 0 Å². The zero-order chi connectivity index (χ0) is 10.6. The molecule has 0 aliphatic carbocycles. The summed E-state index contributed by atoms with van der Waals surface area (Å²) in [7, 11) is -3.08. The summed E-state index contributed by atoms with van der Waals surface area (Å²) >= 11 is 0. The van der Waals surface area contributed by atoms with Crippen LogP contribution >= 0.6 is 0 Å². The van der Waals surface area contributed by atoms with Gasteiger partial charge in [-0.15, -0.1) is 0 Å². The molecule has 0 aromatic carbocycles. The zero-order valence-electron chi connectivity index (χ0n) is 7.90. The molecule has 14 heavy (non-hydrogen) atoms. The predicted molar refractivity (Wildman–Crippen MR) is 52.2 cm³/mol. The molecular formula is C7H15N3O3S. The van der Waals surface area contributed by atoms with Crippen LogP contribution in [0.1, 0.15) is 12.8 Å². The molecule has 0 unspecified atom stereocenters. The van der Waals surface area contributed by atoms with E-state index in [4.69, 9.17) is 5.73 Å². The fourth-order valence-corrected chi connectivity index (χ4v) is 3.00. The summed E-state index contributed by atoms with van der Waals surface area (Å²) in [6.07, 6.45) is 1.61. The second kappa shape index (κ2) is 4.61. The van der Waals surface area contributed by atoms with Crippen LogP contribution < -0.4 is 11.1 Å². The molecule has 0 bridgehead atoms. The van der Waals surface area contributed by atoms with Gasteiger partial charge in [0.25, 0.3) is 0 Å². The van der Waals surface area contributed by atoms with Gasteiger partial charge in [0, 0.05) is 19.6 Å². The smallest absolute Gasteiger partial charge is 0.312 e. The first-order valence-corrected chi connectivity index (χ1v) is 6.14. The van der Waals surface area contributed by atoms with Gasteiger partial charge in [-0.3, -0.25) is 0 Å². The van der Waals surface area contributed by atoms with E-state index in [9.17, 15) is 13.2 Å². The number of nitrogens with two attached hydrogens (primary N) is 1. The lowest BCUT2D eigenvalue weighted by Crippen LogP contribution is -2.43. The molecule has 82 valence electrons. The van der Waals surface area contributed by atoms with Crippen molar-refractivity contribution < 1.29 is 13.2 Å². The third-order valence-corrected chi connectivity index (χ3v) is 4.07. The first-order valence-electron chi connectivity index (χ1n) is 4.53. The van der Waals surface area contributed by atoms with Gasteiger partial charge in [0.2, 0.25) is 10.0 Å². The average Bonchev–Trinajstić information content (AvgIpc) is 2.07. The fourth-order valence-electron chi connectivity index (χ4n) is 1.40. The molecule has 1 aliphatic heterocycles. The van der Waals surface area contributed by atoms with Crippen LogP contribution in [0.25, 0.3) is 0 Å². The Labute approximate surface area is 83.5 Å². The summed E-state index contributed by atoms with van der Waals surface area (Å²) in [4.78, 5) is 10.3. The first kappa shape index (κ1) is 11.3. The SMILES string of the molecule is NC(=O)NCCN1CCCCS1(=O)=O. The largest absolute Gasteiger partial charge is 0.352 e. The Morgan fingerprint density at radius 3 is 2.71 bits per heavy atom. The fraction of sp³-hybridized carbons (Fsp3) is 0.857. The summed E-state index contributed by atoms with van der Waals surface area (Å²) in [6, 6.07) is -0.626. The molecule has 7 heteroatoms. The third-order valence-electron chi connectivity index (χ3n) is 2.11. The number of amides is 2. The van der Waals surface area contributed by atoms with Crippen LogP contribution in [0, 0.1) is 0 Å². The number of nitrogens with zero attached hydrogens (tertiary/aromatic N) is 1. The van der Waals surface area contributed by atoms with E-state index in [1.54, 1.807) is 0 Å². The second-order valence-electron chi connectivity index (χ2n) is 3.21. The maximum atomic E-state index is 11.4. The van der Waals surface area contributed by atoms with Crippen molar-refractivity contribution in [1.82, 2.24) is 9.62 Å². The molecule has 0 aromatic heterocycles. The molecule has 0 aromatic rings. The van der Waals surface area contributed by atoms with Crippen LogP contribution in [0.2, 0.25) is 0 Å². The maximum Gasteiger partial charge on any atom is 0.312 e. The number of carbonyl (C=O) groups is 1. The van der Waals surface area contributed by atoms with Crippen LogP contribution in [0.4, 0.5) is 4.79 Å². The molecule has 0 saturated carbocycles. The van der Waals surface area contributed by atoms with E-state index >= 15 is 0 Å². The van der Waals surface area contributed by atoms with Crippen molar-refractivity contribution in [2.45, 2.75) is 12.8 Å². The summed E-state index contributed by atoms with van der Waals surface area (Å²) in [5.74, 6) is 0.212. The van der Waals surface area contributed by atoms with E-state index in [1.165, 1.54) is 4.31 Å². The highest BCUT2D eigenvalue weighted by Crippen LogP contribution is 2.12. The monoisotopic (exact) mass is 221 g/mol. The van der Waals surface area contributed by atoms with E-state index in [2.05, 4.69) is 5.32 Å². The second-order valence-corrected chi connectivity index (χ2v) is 5.30. The Morgan fingerprint density at radius 1 is 1.43 bits per heavy atom. The normalized spacial score (nSPS) is 21.7. The Kier molecular flexibility index (Phi) is 3.70. The number of hydrogen-bond donors (Lipinski definition) is 2. The van der Waals surface area contributed by atoms with E-state index < -0.39 is 16.1 Å². The number of primary amides is 1. The van der Waals surface area contributed by atoms with E-state index in [-0.39, 0.29) is 12.3 Å². The van der Waals surface area contributed by atoms with Gasteiger partial charge in [0.1, 0.15) is 0 Å². The van der Waals surface area contributed by atoms with Gasteiger partial charge < -0.3 is 11.1 Å². The Balaban J connectivity index is 2.39. The van der Waals surface area contributed by atoms with Gasteiger partial charge in [-0.2, -0.15) is 0 Å². The molecule has 6 nitrogen and oxygen atoms in total. The molecule has 1 saturated heterocycles. The minimum Gasteiger partial charge on any atom is -0.352 e. The first-order chi connectivity index (χ1) is 6.52. The lowest BCUT2D eigenvalue weighted by atomic mass is 10.3. The van der Waals surface area contributed by atoms with Crippen LogP contribution in [-0.4, -0.2) is 44.1 Å². The minimum atomic E-state index is -3.08. The zero-order valence-corrected chi connectivity index (χ0v) is 8.72. The number of urea groups is 1. The van der Waals surface area contributed by atoms with Crippen LogP contribution in [0.5, 0.6) is 0 Å². The van der Waals surface area contributed by atoms with Crippen molar-refractivity contribution >= 4 is 16.1 Å². The Bertz CT molecular complexity index is 301. The van der Waals surface area contributed by atoms with Gasteiger partial charge in [-0.25, -0.2) is 17.5 Å². The van der Waals surface area contributed by atoms with Gasteiger partial charge in [0.15, 0.2) is 0 Å². The Morgan fingerprint density at radius 2 is 2.14 bits per heavy atom. The maximum absolute atomic E-state index is 11.4. The number of carbonyl (C=O) groups excluding carboxylic acids is 1. The molecule has 0 radical (unpaired) electrons. The number of hydrogen-bond acceptors (Lipinski definition) is 3. The highest BCUT2D eigenvalue weighted by molar-refractivity contribution is 7.89. The molecule has 0 atom stereocenters. The summed E-state index contributed by atoms with van der Waals surface area (Å²) in [5.41, 5.74) is 4.86. The minimum absolute atomic E-state index is 0.212. The quantitative estimate of drug-likeness (QED) is 0.645. The molecule has 2 amide bonds. The molecule has 3 N–H and O–H groups in total. The molecular weight excluding hydrogens is 206 g/mol. The van der Waals surface area contributed by atoms with Gasteiger partial charge in [0.05, 0.1) is 5.75 Å². The van der Waals surface area contributed by atoms with Crippen molar-refractivity contribution in [2.24, 2.45) is 5.73 Å². The van der Waals surface area contributed by atoms with E-state index in [0.29, 0.717) is 13.1 Å². The predicted octanol–water partition coefficient (Wildman–Crippen LogP) is -0.920. The molecule has 1 heterocycles. The number of nitrogens with one attached hydrogen (secondary N) is 1. The highest BCUT2D eigenvalue weighted by Gasteiger charge is 2.24. The summed E-state index contributed by atoms with van der Waals surface area (Å²) in [5, 5.41) is 2.36. The number of sulfonamides is 1. The van der Waals surface area contributed by atoms with Crippen molar-refractivity contribution in [1.29, 1.82) is 0 Å². The van der Waals surface area contributed by atoms with Gasteiger partial charge >= 0.3 is 6.03 Å². The van der Waals surface area contributed by atoms with Gasteiger partial charge in [-0.1, -0.05) is 0 Å². The lowest BCUT2D eigenvalue weighted by molar-refractivity contribution is 0.247. The third kappa shape index (κ3) is 3.15. The lowest BCUT2D eigenvalue weighted by Gasteiger charge is -2.25. The molecule has 1 aliphatic rings.